The van der Waals surface area contributed by atoms with Gasteiger partial charge in [-0.05, 0) is 162 Å². The highest BCUT2D eigenvalue weighted by Crippen LogP contribution is 2.04. The number of nitrogens with one attached hydrogen (secondary N) is 7. The number of imidazole rings is 2. The number of aromatic amines is 7. The van der Waals surface area contributed by atoms with Gasteiger partial charge in [0.1, 0.15) is 65.8 Å². The lowest BCUT2D eigenvalue weighted by atomic mass is 10.5. The van der Waals surface area contributed by atoms with Crippen molar-refractivity contribution in [3.05, 3.63) is 285 Å². The van der Waals surface area contributed by atoms with Crippen LogP contribution in [0.1, 0.15) is 305 Å². The summed E-state index contributed by atoms with van der Waals surface area (Å²) in [4.78, 5) is 46.8. The van der Waals surface area contributed by atoms with Gasteiger partial charge in [-0.25, -0.2) is 39.3 Å². The van der Waals surface area contributed by atoms with Crippen LogP contribution in [0.3, 0.4) is 0 Å². The lowest BCUT2D eigenvalue weighted by molar-refractivity contribution is 0.397. The summed E-state index contributed by atoms with van der Waals surface area (Å²) in [5.74, 6) is 6.94. The third kappa shape index (κ3) is 147. The van der Waals surface area contributed by atoms with Gasteiger partial charge in [-0.1, -0.05) is 233 Å². The highest BCUT2D eigenvalue weighted by Gasteiger charge is 1.84. The Morgan fingerprint density at radius 2 is 0.875 bits per heavy atom. The van der Waals surface area contributed by atoms with Crippen LogP contribution in [0.25, 0.3) is 0 Å². The van der Waals surface area contributed by atoms with Crippen LogP contribution in [-0.2, 0) is 7.05 Å². The molecule has 0 atom stereocenters. The molecule has 128 heavy (non-hydrogen) atoms. The fourth-order valence-electron chi connectivity index (χ4n) is 4.99. The molecule has 0 fully saturated rings. The molecule has 0 bridgehead atoms. The van der Waals surface area contributed by atoms with Gasteiger partial charge in [-0.15, -0.1) is 34.0 Å². The van der Waals surface area contributed by atoms with E-state index in [1.54, 1.807) is 133 Å². The van der Waals surface area contributed by atoms with Crippen LogP contribution in [0.15, 0.2) is 219 Å². The van der Waals surface area contributed by atoms with Gasteiger partial charge in [-0.2, -0.15) is 25.5 Å². The number of hydrogen-bond acceptors (Lipinski definition) is 24. The average molecular weight is 1870 g/mol. The Bertz CT molecular complexity index is 2830. The summed E-state index contributed by atoms with van der Waals surface area (Å²) in [5, 5.41) is 37.6. The molecule has 0 amide bonds. The highest BCUT2D eigenvalue weighted by molar-refractivity contribution is 7.10. The molecule has 736 valence electrons. The molecule has 0 spiro atoms. The van der Waals surface area contributed by atoms with Crippen LogP contribution < -0.4 is 0 Å². The molecule has 0 unspecified atom stereocenters. The summed E-state index contributed by atoms with van der Waals surface area (Å²) in [5.41, 5.74) is 5.26. The first-order valence-electron chi connectivity index (χ1n) is 44.8. The largest absolute Gasteiger partial charge is 0.470 e. The first-order chi connectivity index (χ1) is 62.3. The van der Waals surface area contributed by atoms with Gasteiger partial charge in [-0.3, -0.25) is 35.0 Å². The van der Waals surface area contributed by atoms with Crippen molar-refractivity contribution in [2.75, 3.05) is 0 Å². The molecule has 28 nitrogen and oxygen atoms in total. The Labute approximate surface area is 795 Å². The van der Waals surface area contributed by atoms with E-state index >= 15 is 0 Å². The number of hydrogen-bond donors (Lipinski definition) is 7. The molecule has 0 saturated carbocycles. The first-order valence-corrected chi connectivity index (χ1v) is 48.3. The molecule has 0 aliphatic heterocycles. The molecular formula is C96H184N24O4S4. The van der Waals surface area contributed by atoms with E-state index in [2.05, 4.69) is 144 Å². The smallest absolute Gasteiger partial charge is 0.190 e. The summed E-state index contributed by atoms with van der Waals surface area (Å²) in [6.45, 7) is 93.0. The van der Waals surface area contributed by atoms with E-state index < -0.39 is 0 Å². The van der Waals surface area contributed by atoms with Crippen molar-refractivity contribution in [3.63, 3.8) is 0 Å². The van der Waals surface area contributed by atoms with E-state index in [9.17, 15) is 0 Å². The molecule has 16 aromatic rings. The lowest BCUT2D eigenvalue weighted by Gasteiger charge is -1.77. The maximum Gasteiger partial charge on any atom is 0.190 e. The number of H-pyrrole nitrogens is 7. The maximum atomic E-state index is 4.83. The Kier molecular flexibility index (Phi) is 181. The number of aromatic nitrogens is 24. The maximum absolute atomic E-state index is 4.83. The zero-order chi connectivity index (χ0) is 102. The van der Waals surface area contributed by atoms with Crippen molar-refractivity contribution < 1.29 is 17.8 Å². The van der Waals surface area contributed by atoms with Crippen LogP contribution in [0.4, 0.5) is 0 Å². The van der Waals surface area contributed by atoms with Gasteiger partial charge >= 0.3 is 0 Å². The average Bonchev–Trinajstić information content (AvgIpc) is 2.60. The van der Waals surface area contributed by atoms with Gasteiger partial charge in [0.05, 0.1) is 41.7 Å². The van der Waals surface area contributed by atoms with Crippen molar-refractivity contribution in [1.82, 2.24) is 120 Å². The van der Waals surface area contributed by atoms with Crippen LogP contribution in [0.2, 0.25) is 0 Å². The number of thiophene rings is 1. The predicted octanol–water partition coefficient (Wildman–Crippen LogP) is 31.6. The Balaban J connectivity index is -0.0000000731. The fourth-order valence-corrected chi connectivity index (χ4v) is 6.78. The molecule has 0 aliphatic rings. The van der Waals surface area contributed by atoms with E-state index in [0.29, 0.717) is 0 Å². The molecule has 0 aromatic carbocycles. The fraction of sp³-hybridized carbons (Fsp3) is 0.500. The van der Waals surface area contributed by atoms with Gasteiger partial charge < -0.3 is 32.7 Å². The van der Waals surface area contributed by atoms with Gasteiger partial charge in [0, 0.05) is 119 Å². The molecule has 0 aliphatic carbocycles. The third-order valence-corrected chi connectivity index (χ3v) is 12.5. The van der Waals surface area contributed by atoms with Crippen LogP contribution in [-0.4, -0.2) is 120 Å². The standard InChI is InChI=1S/C5H7N.C5H6O.C5H6S.4C4H6N2.3C4H5NO.3C4H5NS.3C3H5N3.16C2H6/c3*1-5-3-2-4-6-5;1-4-2-5-3-6-4;1-6-4-2-3-5-6;1-4-5-2-3-6-4;1-4-2-3-5-6-4;1-4-2-5-3-6-4;1-4-5-2-3-6-4;1-4-2-3-5-6-4;1-4-2-5-3-6-4;1-4-5-2-3-6-4;1-4-2-3-5-6-4;3*1-3-4-2-5-6-3;16*1-2/h2-4,6H,1H3;2*2-4H,1H3;2-3H,1H3,(H,5,6);2-4H,1H3;2*2-3H,1H3,(H,5,6);6*2-3H,1H3;3*2H,1H3,(H,4,5,6);16*1-2H3. The minimum absolute atomic E-state index is 0.718. The monoisotopic (exact) mass is 1870 g/mol. The normalized spacial score (nSPS) is 7.38. The first kappa shape index (κ1) is 154. The summed E-state index contributed by atoms with van der Waals surface area (Å²) in [7, 11) is 1.89. The third-order valence-electron chi connectivity index (χ3n) is 9.59. The molecule has 0 radical (unpaired) electrons. The van der Waals surface area contributed by atoms with Gasteiger partial charge in [0.25, 0.3) is 0 Å². The van der Waals surface area contributed by atoms with Crippen LogP contribution in [0, 0.1) is 104 Å². The van der Waals surface area contributed by atoms with Gasteiger partial charge in [0.2, 0.25) is 0 Å². The molecule has 32 heteroatoms. The molecule has 7 N–H and O–H groups in total. The summed E-state index contributed by atoms with van der Waals surface area (Å²) in [6, 6.07) is 19.6. The number of oxazole rings is 2. The summed E-state index contributed by atoms with van der Waals surface area (Å²) >= 11 is 6.64. The second kappa shape index (κ2) is 150. The zero-order valence-corrected chi connectivity index (χ0v) is 92.2. The predicted molar refractivity (Wildman–Crippen MR) is 560 cm³/mol. The number of nitrogens with zero attached hydrogens (tertiary/aromatic N) is 17. The molecule has 16 heterocycles. The number of aryl methyl sites for hydroxylation is 16. The Morgan fingerprint density at radius 3 is 0.984 bits per heavy atom. The Hall–Kier alpha value is -11.0. The summed E-state index contributed by atoms with van der Waals surface area (Å²) in [6.07, 6.45) is 33.7. The van der Waals surface area contributed by atoms with E-state index in [-0.39, 0.29) is 0 Å². The van der Waals surface area contributed by atoms with Crippen molar-refractivity contribution in [2.45, 2.75) is 325 Å². The van der Waals surface area contributed by atoms with E-state index in [4.69, 9.17) is 13.3 Å². The highest BCUT2D eigenvalue weighted by atomic mass is 32.1. The minimum atomic E-state index is 0.718. The van der Waals surface area contributed by atoms with Crippen molar-refractivity contribution in [1.29, 1.82) is 0 Å². The molecule has 16 rings (SSSR count). The molecule has 0 saturated heterocycles. The number of thiazole rings is 2. The topological polar surface area (TPSA) is 374 Å². The minimum Gasteiger partial charge on any atom is -0.470 e. The molecule has 16 aromatic heterocycles. The van der Waals surface area contributed by atoms with Crippen molar-refractivity contribution in [2.24, 2.45) is 7.05 Å². The number of furan rings is 1. The lowest BCUT2D eigenvalue weighted by Crippen LogP contribution is -1.83. The second-order valence-corrected chi connectivity index (χ2v) is 22.8. The van der Waals surface area contributed by atoms with E-state index in [0.717, 1.165) is 62.9 Å². The summed E-state index contributed by atoms with van der Waals surface area (Å²) < 4.78 is 24.5. The second-order valence-electron chi connectivity index (χ2n) is 18.4. The molecular weight excluding hydrogens is 1680 g/mol. The zero-order valence-electron chi connectivity index (χ0n) is 88.9. The Morgan fingerprint density at radius 1 is 0.328 bits per heavy atom. The van der Waals surface area contributed by atoms with Gasteiger partial charge in [0.15, 0.2) is 12.3 Å². The van der Waals surface area contributed by atoms with Crippen molar-refractivity contribution in [3.8, 4) is 0 Å². The number of rotatable bonds is 0. The van der Waals surface area contributed by atoms with Crippen molar-refractivity contribution >= 4 is 45.5 Å². The van der Waals surface area contributed by atoms with E-state index in [1.807, 2.05) is 391 Å². The van der Waals surface area contributed by atoms with Crippen LogP contribution in [0.5, 0.6) is 0 Å². The van der Waals surface area contributed by atoms with E-state index in [1.165, 1.54) is 57.2 Å². The SMILES string of the molecule is CC.CC.CC.CC.CC.CC.CC.CC.CC.CC.CC.CC.CC.CC.CC.CC.Cc1ccc[nH]1.Cc1ccco1.Cc1cccs1.Cc1ccn[nH]1.Cc1ccno1.Cc1ccns1.Cc1cnc[nH]1.Cc1cnco1.Cc1cncs1.Cc1ncc[nH]1.Cc1ncco1.Cc1nccs1.Cc1ncn[nH]1.Cc1ncn[nH]1.Cc1ncn[nH]1.Cn1cccn1. The van der Waals surface area contributed by atoms with Crippen LogP contribution >= 0.6 is 45.5 Å². The quantitative estimate of drug-likeness (QED) is 0.0741.